The van der Waals surface area contributed by atoms with Gasteiger partial charge in [0.1, 0.15) is 30.5 Å². The molecule has 242 valence electrons. The van der Waals surface area contributed by atoms with Gasteiger partial charge in [-0.1, -0.05) is 37.6 Å². The lowest BCUT2D eigenvalue weighted by atomic mass is 9.45. The van der Waals surface area contributed by atoms with Crippen molar-refractivity contribution in [2.24, 2.45) is 34.5 Å². The van der Waals surface area contributed by atoms with Gasteiger partial charge in [0, 0.05) is 24.2 Å². The van der Waals surface area contributed by atoms with Crippen LogP contribution in [0.3, 0.4) is 0 Å². The second-order valence-corrected chi connectivity index (χ2v) is 14.7. The highest BCUT2D eigenvalue weighted by atomic mass is 16.7. The number of ether oxygens (including phenoxy) is 3. The van der Waals surface area contributed by atoms with Gasteiger partial charge in [-0.3, -0.25) is 0 Å². The molecule has 6 rings (SSSR count). The summed E-state index contributed by atoms with van der Waals surface area (Å²) in [6.07, 6.45) is -1.46. The molecule has 10 nitrogen and oxygen atoms in total. The van der Waals surface area contributed by atoms with Crippen molar-refractivity contribution in [2.75, 3.05) is 13.2 Å². The highest BCUT2D eigenvalue weighted by molar-refractivity contribution is 5.32. The minimum absolute atomic E-state index is 0.0392. The van der Waals surface area contributed by atoms with Crippen molar-refractivity contribution in [3.63, 3.8) is 0 Å². The van der Waals surface area contributed by atoms with Crippen LogP contribution >= 0.6 is 0 Å². The molecule has 15 atom stereocenters. The number of aliphatic hydroxyl groups is 7. The first-order chi connectivity index (χ1) is 20.3. The third-order valence-electron chi connectivity index (χ3n) is 12.3. The Bertz CT molecular complexity index is 1150. The SMILES string of the molecule is C=C(CCC1=C(C)[C@H]2[C@H](C[C@@H]3[C@@H]4CC=C5C[C@@H](O)C[C@@H](O)[C@]5(C)[C@H]4[C@H](O)C[C@@]32C)O1)CO[C@@H]1O[C@H](CO)[C@@H](O)[C@H](O)[C@H]1O. The van der Waals surface area contributed by atoms with Crippen molar-refractivity contribution in [2.45, 2.75) is 121 Å². The zero-order valence-corrected chi connectivity index (χ0v) is 25.5. The first-order valence-corrected chi connectivity index (χ1v) is 16.0. The van der Waals surface area contributed by atoms with Crippen LogP contribution in [0.5, 0.6) is 0 Å². The summed E-state index contributed by atoms with van der Waals surface area (Å²) in [6, 6.07) is 0. The van der Waals surface area contributed by atoms with Gasteiger partial charge in [0.25, 0.3) is 0 Å². The predicted octanol–water partition coefficient (Wildman–Crippen LogP) is 1.30. The van der Waals surface area contributed by atoms with Gasteiger partial charge in [-0.25, -0.2) is 0 Å². The quantitative estimate of drug-likeness (QED) is 0.210. The van der Waals surface area contributed by atoms with E-state index in [0.29, 0.717) is 38.0 Å². The molecule has 0 aromatic carbocycles. The molecule has 4 fully saturated rings. The minimum Gasteiger partial charge on any atom is -0.494 e. The molecule has 2 heterocycles. The first kappa shape index (κ1) is 31.6. The molecule has 0 bridgehead atoms. The van der Waals surface area contributed by atoms with E-state index in [1.807, 2.05) is 0 Å². The molecule has 10 heteroatoms. The van der Waals surface area contributed by atoms with Crippen LogP contribution in [0.2, 0.25) is 0 Å². The molecule has 0 radical (unpaired) electrons. The van der Waals surface area contributed by atoms with E-state index in [2.05, 4.69) is 33.4 Å². The predicted molar refractivity (Wildman–Crippen MR) is 155 cm³/mol. The Morgan fingerprint density at radius 1 is 1.07 bits per heavy atom. The molecule has 0 aromatic heterocycles. The number of rotatable bonds is 7. The van der Waals surface area contributed by atoms with Gasteiger partial charge in [0.05, 0.1) is 37.3 Å². The minimum atomic E-state index is -1.49. The maximum absolute atomic E-state index is 11.7. The summed E-state index contributed by atoms with van der Waals surface area (Å²) in [6.45, 7) is 10.2. The molecule has 7 N–H and O–H groups in total. The van der Waals surface area contributed by atoms with Crippen LogP contribution in [0, 0.1) is 34.5 Å². The maximum atomic E-state index is 11.7. The van der Waals surface area contributed by atoms with E-state index in [1.54, 1.807) is 0 Å². The van der Waals surface area contributed by atoms with Crippen LogP contribution in [0.4, 0.5) is 0 Å². The fraction of sp³-hybridized carbons (Fsp3) is 0.818. The van der Waals surface area contributed by atoms with Crippen molar-refractivity contribution in [3.05, 3.63) is 35.1 Å². The Hall–Kier alpha value is -1.34. The van der Waals surface area contributed by atoms with Gasteiger partial charge >= 0.3 is 0 Å². The van der Waals surface area contributed by atoms with E-state index in [-0.39, 0.29) is 35.9 Å². The Labute approximate surface area is 253 Å². The average molecular weight is 607 g/mol. The second kappa shape index (κ2) is 11.5. The number of allylic oxidation sites excluding steroid dienone is 2. The molecule has 3 saturated carbocycles. The van der Waals surface area contributed by atoms with E-state index < -0.39 is 61.0 Å². The second-order valence-electron chi connectivity index (χ2n) is 14.7. The molecule has 43 heavy (non-hydrogen) atoms. The van der Waals surface area contributed by atoms with Crippen LogP contribution in [0.15, 0.2) is 35.1 Å². The largest absolute Gasteiger partial charge is 0.494 e. The van der Waals surface area contributed by atoms with E-state index in [1.165, 1.54) is 5.57 Å². The van der Waals surface area contributed by atoms with Crippen LogP contribution in [-0.4, -0.2) is 104 Å². The van der Waals surface area contributed by atoms with Crippen LogP contribution in [-0.2, 0) is 14.2 Å². The summed E-state index contributed by atoms with van der Waals surface area (Å²) in [5.41, 5.74) is 2.44. The summed E-state index contributed by atoms with van der Waals surface area (Å²) in [5, 5.41) is 72.9. The maximum Gasteiger partial charge on any atom is 0.187 e. The molecule has 2 aliphatic heterocycles. The number of hydrogen-bond acceptors (Lipinski definition) is 10. The zero-order chi connectivity index (χ0) is 31.0. The summed E-state index contributed by atoms with van der Waals surface area (Å²) in [4.78, 5) is 0. The van der Waals surface area contributed by atoms with Crippen LogP contribution < -0.4 is 0 Å². The molecule has 4 aliphatic carbocycles. The van der Waals surface area contributed by atoms with Crippen molar-refractivity contribution < 1.29 is 50.0 Å². The van der Waals surface area contributed by atoms with Gasteiger partial charge in [0.2, 0.25) is 0 Å². The van der Waals surface area contributed by atoms with Gasteiger partial charge in [0.15, 0.2) is 6.29 Å². The smallest absolute Gasteiger partial charge is 0.187 e. The molecule has 6 aliphatic rings. The van der Waals surface area contributed by atoms with E-state index in [0.717, 1.165) is 29.7 Å². The lowest BCUT2D eigenvalue weighted by Crippen LogP contribution is -2.60. The van der Waals surface area contributed by atoms with Crippen molar-refractivity contribution in [1.29, 1.82) is 0 Å². The summed E-state index contributed by atoms with van der Waals surface area (Å²) in [5.74, 6) is 1.73. The third kappa shape index (κ3) is 4.96. The molecule has 0 amide bonds. The third-order valence-corrected chi connectivity index (χ3v) is 12.3. The average Bonchev–Trinajstić information content (AvgIpc) is 3.43. The normalized spacial score (nSPS) is 50.7. The van der Waals surface area contributed by atoms with Gasteiger partial charge in [-0.15, -0.1) is 0 Å². The summed E-state index contributed by atoms with van der Waals surface area (Å²) in [7, 11) is 0. The first-order valence-electron chi connectivity index (χ1n) is 16.0. The zero-order valence-electron chi connectivity index (χ0n) is 25.5. The highest BCUT2D eigenvalue weighted by Crippen LogP contribution is 2.69. The lowest BCUT2D eigenvalue weighted by Gasteiger charge is -2.60. The van der Waals surface area contributed by atoms with Gasteiger partial charge in [-0.05, 0) is 67.8 Å². The van der Waals surface area contributed by atoms with E-state index >= 15 is 0 Å². The molecule has 0 spiro atoms. The molecular weight excluding hydrogens is 556 g/mol. The molecular formula is C33H50O10. The molecule has 0 aromatic rings. The van der Waals surface area contributed by atoms with Crippen molar-refractivity contribution in [1.82, 2.24) is 0 Å². The number of fused-ring (bicyclic) bond motifs is 7. The standard InChI is InChI=1S/C33H50O10/c1-15(14-41-31-30(40)29(39)28(38)24(13-34)43-31)5-8-22-16(2)26-23(42-22)11-20-19-7-6-17-9-18(35)10-25(37)33(17,4)27(19)21(36)12-32(20,26)3/h6,18-21,23-31,34-40H,1,5,7-14H2,2-4H3/t18-,19+,20-,21-,23+,24-,25-,26+,27-,28-,29+,30-,31-,32+,33-/m1/s1. The fourth-order valence-electron chi connectivity index (χ4n) is 10.2. The summed E-state index contributed by atoms with van der Waals surface area (Å²) < 4.78 is 17.7. The van der Waals surface area contributed by atoms with Crippen LogP contribution in [0.1, 0.15) is 65.7 Å². The van der Waals surface area contributed by atoms with Crippen molar-refractivity contribution in [3.8, 4) is 0 Å². The summed E-state index contributed by atoms with van der Waals surface area (Å²) >= 11 is 0. The molecule has 0 unspecified atom stereocenters. The van der Waals surface area contributed by atoms with Gasteiger partial charge in [-0.2, -0.15) is 0 Å². The van der Waals surface area contributed by atoms with E-state index in [9.17, 15) is 35.7 Å². The Balaban J connectivity index is 1.10. The van der Waals surface area contributed by atoms with Crippen LogP contribution in [0.25, 0.3) is 0 Å². The Morgan fingerprint density at radius 3 is 2.53 bits per heavy atom. The Kier molecular flexibility index (Phi) is 8.44. The topological polar surface area (TPSA) is 169 Å². The number of hydrogen-bond donors (Lipinski definition) is 7. The van der Waals surface area contributed by atoms with E-state index in [4.69, 9.17) is 14.2 Å². The molecule has 1 saturated heterocycles. The highest BCUT2D eigenvalue weighted by Gasteiger charge is 2.67. The number of aliphatic hydroxyl groups excluding tert-OH is 7. The fourth-order valence-corrected chi connectivity index (χ4v) is 10.2. The monoisotopic (exact) mass is 606 g/mol. The lowest BCUT2D eigenvalue weighted by molar-refractivity contribution is -0.299. The Morgan fingerprint density at radius 2 is 1.81 bits per heavy atom. The van der Waals surface area contributed by atoms with Crippen molar-refractivity contribution >= 4 is 0 Å². The van der Waals surface area contributed by atoms with Gasteiger partial charge < -0.3 is 50.0 Å².